The van der Waals surface area contributed by atoms with Gasteiger partial charge >= 0.3 is 0 Å². The highest BCUT2D eigenvalue weighted by Gasteiger charge is 1.91. The van der Waals surface area contributed by atoms with E-state index >= 15 is 0 Å². The molecule has 4 N–H and O–H groups in total. The fraction of sp³-hybridized carbons (Fsp3) is 1.00. The third-order valence-electron chi connectivity index (χ3n) is 0.886. The van der Waals surface area contributed by atoms with Gasteiger partial charge in [-0.05, 0) is 12.5 Å². The number of hydrogen-bond acceptors (Lipinski definition) is 3. The molecule has 0 amide bonds. The van der Waals surface area contributed by atoms with E-state index in [-0.39, 0.29) is 15.9 Å². The molecule has 0 bridgehead atoms. The van der Waals surface area contributed by atoms with Crippen LogP contribution in [0.3, 0.4) is 0 Å². The van der Waals surface area contributed by atoms with Gasteiger partial charge in [0.15, 0.2) is 0 Å². The van der Waals surface area contributed by atoms with Crippen molar-refractivity contribution in [3.8, 4) is 0 Å². The molecule has 50 valence electrons. The molecular formula is C3H14N2OSi2. The normalized spacial score (nSPS) is 12.4. The van der Waals surface area contributed by atoms with E-state index in [9.17, 15) is 0 Å². The number of rotatable bonds is 4. The molecule has 5 heteroatoms. The van der Waals surface area contributed by atoms with Gasteiger partial charge in [-0.15, -0.1) is 0 Å². The highest BCUT2D eigenvalue weighted by Crippen LogP contribution is 1.87. The van der Waals surface area contributed by atoms with Crippen molar-refractivity contribution in [2.45, 2.75) is 18.6 Å². The van der Waals surface area contributed by atoms with Gasteiger partial charge < -0.3 is 15.6 Å². The minimum Gasteiger partial charge on any atom is -0.468 e. The summed E-state index contributed by atoms with van der Waals surface area (Å²) in [4.78, 5) is 0. The van der Waals surface area contributed by atoms with Gasteiger partial charge in [0.2, 0.25) is 0 Å². The Bertz CT molecular complexity index is 52.5. The SMILES string of the molecule is NC(N)CC[SiH2]O[SiH3]. The predicted octanol–water partition coefficient (Wildman–Crippen LogP) is -2.58. The van der Waals surface area contributed by atoms with Crippen LogP contribution >= 0.6 is 0 Å². The lowest BCUT2D eigenvalue weighted by atomic mass is 10.4. The number of nitrogens with two attached hydrogens (primary N) is 2. The van der Waals surface area contributed by atoms with E-state index in [1.54, 1.807) is 0 Å². The van der Waals surface area contributed by atoms with E-state index in [4.69, 9.17) is 15.6 Å². The van der Waals surface area contributed by atoms with Gasteiger partial charge in [-0.2, -0.15) is 0 Å². The van der Waals surface area contributed by atoms with Gasteiger partial charge in [-0.1, -0.05) is 0 Å². The molecule has 0 rings (SSSR count). The van der Waals surface area contributed by atoms with Crippen molar-refractivity contribution < 1.29 is 4.12 Å². The molecule has 0 aromatic carbocycles. The van der Waals surface area contributed by atoms with Gasteiger partial charge in [-0.3, -0.25) is 0 Å². The molecule has 0 aliphatic rings. The maximum Gasteiger partial charge on any atom is 0.145 e. The zero-order valence-electron chi connectivity index (χ0n) is 5.26. The minimum atomic E-state index is -0.219. The molecule has 0 spiro atoms. The first-order chi connectivity index (χ1) is 3.77. The molecule has 3 nitrogen and oxygen atoms in total. The predicted molar refractivity (Wildman–Crippen MR) is 41.2 cm³/mol. The third kappa shape index (κ3) is 6.31. The molecule has 0 aromatic rings. The second-order valence-corrected chi connectivity index (χ2v) is 5.22. The lowest BCUT2D eigenvalue weighted by Gasteiger charge is -2.01. The van der Waals surface area contributed by atoms with E-state index in [0.717, 1.165) is 23.0 Å². The van der Waals surface area contributed by atoms with E-state index < -0.39 is 0 Å². The van der Waals surface area contributed by atoms with Gasteiger partial charge in [0.05, 0.1) is 6.17 Å². The van der Waals surface area contributed by atoms with E-state index in [1.807, 2.05) is 0 Å². The van der Waals surface area contributed by atoms with Crippen LogP contribution in [0.4, 0.5) is 0 Å². The second kappa shape index (κ2) is 5.45. The van der Waals surface area contributed by atoms with Crippen LogP contribution in [0.1, 0.15) is 6.42 Å². The molecular weight excluding hydrogens is 136 g/mol. The summed E-state index contributed by atoms with van der Waals surface area (Å²) in [6, 6.07) is 1.13. The Kier molecular flexibility index (Phi) is 5.66. The fourth-order valence-corrected chi connectivity index (χ4v) is 2.26. The van der Waals surface area contributed by atoms with Gasteiger partial charge in [-0.25, -0.2) is 0 Å². The fourth-order valence-electron chi connectivity index (χ4n) is 0.463. The average Bonchev–Trinajstić information content (AvgIpc) is 1.66. The number of hydrogen-bond donors (Lipinski definition) is 2. The summed E-state index contributed by atoms with van der Waals surface area (Å²) in [5.74, 6) is 0. The summed E-state index contributed by atoms with van der Waals surface area (Å²) in [5.41, 5.74) is 10.6. The van der Waals surface area contributed by atoms with Gasteiger partial charge in [0.25, 0.3) is 0 Å². The van der Waals surface area contributed by atoms with Crippen LogP contribution in [0, 0.1) is 0 Å². The highest BCUT2D eigenvalue weighted by atomic mass is 28.3. The molecule has 0 radical (unpaired) electrons. The molecule has 0 saturated carbocycles. The first-order valence-electron chi connectivity index (χ1n) is 2.77. The van der Waals surface area contributed by atoms with E-state index in [2.05, 4.69) is 0 Å². The van der Waals surface area contributed by atoms with Crippen LogP contribution in [-0.2, 0) is 4.12 Å². The van der Waals surface area contributed by atoms with Crippen molar-refractivity contribution in [3.63, 3.8) is 0 Å². The highest BCUT2D eigenvalue weighted by molar-refractivity contribution is 6.34. The molecule has 0 aliphatic carbocycles. The first-order valence-corrected chi connectivity index (χ1v) is 5.17. The Labute approximate surface area is 55.3 Å². The molecule has 0 atom stereocenters. The molecule has 0 heterocycles. The van der Waals surface area contributed by atoms with Crippen molar-refractivity contribution in [3.05, 3.63) is 0 Å². The van der Waals surface area contributed by atoms with Crippen molar-refractivity contribution in [1.29, 1.82) is 0 Å². The molecule has 0 saturated heterocycles. The summed E-state index contributed by atoms with van der Waals surface area (Å²) in [6.07, 6.45) is 0.799. The summed E-state index contributed by atoms with van der Waals surface area (Å²) >= 11 is 0. The quantitative estimate of drug-likeness (QED) is 0.263. The Hall–Kier alpha value is 0.314. The summed E-state index contributed by atoms with van der Waals surface area (Å²) in [6.45, 7) is 0. The van der Waals surface area contributed by atoms with Crippen LogP contribution in [0.5, 0.6) is 0 Å². The van der Waals surface area contributed by atoms with Crippen molar-refractivity contribution in [2.24, 2.45) is 11.5 Å². The molecule has 0 unspecified atom stereocenters. The second-order valence-electron chi connectivity index (χ2n) is 1.80. The van der Waals surface area contributed by atoms with Crippen molar-refractivity contribution in [2.75, 3.05) is 0 Å². The topological polar surface area (TPSA) is 61.3 Å². The van der Waals surface area contributed by atoms with E-state index in [1.165, 1.54) is 0 Å². The Morgan fingerprint density at radius 2 is 2.25 bits per heavy atom. The Balaban J connectivity index is 2.72. The Morgan fingerprint density at radius 3 is 2.62 bits per heavy atom. The third-order valence-corrected chi connectivity index (χ3v) is 3.22. The van der Waals surface area contributed by atoms with Crippen LogP contribution in [-0.4, -0.2) is 26.4 Å². The molecule has 0 aromatic heterocycles. The lowest BCUT2D eigenvalue weighted by molar-refractivity contribution is 0.625. The smallest absolute Gasteiger partial charge is 0.145 e. The van der Waals surface area contributed by atoms with E-state index in [0.29, 0.717) is 0 Å². The van der Waals surface area contributed by atoms with Crippen LogP contribution in [0.25, 0.3) is 0 Å². The van der Waals surface area contributed by atoms with Crippen molar-refractivity contribution in [1.82, 2.24) is 0 Å². The molecule has 8 heavy (non-hydrogen) atoms. The standard InChI is InChI=1S/C3H14N2OSi2/c4-3(5)1-2-8-6-7/h3H,1-2,4-5,8H2,7H3. The maximum atomic E-state index is 5.29. The van der Waals surface area contributed by atoms with Gasteiger partial charge in [0.1, 0.15) is 20.2 Å². The zero-order valence-corrected chi connectivity index (χ0v) is 8.68. The van der Waals surface area contributed by atoms with Crippen LogP contribution < -0.4 is 11.5 Å². The first kappa shape index (κ1) is 8.31. The monoisotopic (exact) mass is 150 g/mol. The minimum absolute atomic E-state index is 0.126. The largest absolute Gasteiger partial charge is 0.468 e. The Morgan fingerprint density at radius 1 is 1.62 bits per heavy atom. The average molecular weight is 150 g/mol. The lowest BCUT2D eigenvalue weighted by Crippen LogP contribution is -2.30. The molecule has 0 fully saturated rings. The van der Waals surface area contributed by atoms with Crippen molar-refractivity contribution >= 4 is 20.2 Å². The summed E-state index contributed by atoms with van der Waals surface area (Å²) in [7, 11) is 0.660. The summed E-state index contributed by atoms with van der Waals surface area (Å²) < 4.78 is 5.06. The molecule has 0 aliphatic heterocycles. The van der Waals surface area contributed by atoms with Crippen LogP contribution in [0.2, 0.25) is 6.04 Å². The zero-order chi connectivity index (χ0) is 6.41. The van der Waals surface area contributed by atoms with Crippen LogP contribution in [0.15, 0.2) is 0 Å². The maximum absolute atomic E-state index is 5.29. The summed E-state index contributed by atoms with van der Waals surface area (Å²) in [5, 5.41) is 0. The van der Waals surface area contributed by atoms with Gasteiger partial charge in [0, 0.05) is 0 Å².